The first kappa shape index (κ1) is 94.1. The molecule has 6 aliphatic rings. The van der Waals surface area contributed by atoms with E-state index in [2.05, 4.69) is 9.47 Å². The van der Waals surface area contributed by atoms with Gasteiger partial charge in [0.05, 0.1) is 53.9 Å². The van der Waals surface area contributed by atoms with E-state index in [1.54, 1.807) is 6.92 Å². The summed E-state index contributed by atoms with van der Waals surface area (Å²) in [6.45, 7) is 20.2. The zero-order chi connectivity index (χ0) is 75.3. The number of rotatable bonds is 30. The first-order chi connectivity index (χ1) is 47.2. The number of carbonyl (C=O) groups is 6. The fraction of sp³-hybridized carbons (Fsp3) is 0.920. The number of hydrogen-bond donors (Lipinski definition) is 0. The molecule has 18 nitrogen and oxygen atoms in total. The third kappa shape index (κ3) is 38.2. The van der Waals surface area contributed by atoms with Gasteiger partial charge in [-0.25, -0.2) is 9.18 Å². The highest BCUT2D eigenvalue weighted by Crippen LogP contribution is 2.43. The van der Waals surface area contributed by atoms with Crippen molar-refractivity contribution in [1.82, 2.24) is 0 Å². The molecule has 0 saturated heterocycles. The van der Waals surface area contributed by atoms with Gasteiger partial charge in [-0.05, 0) is 150 Å². The van der Waals surface area contributed by atoms with Gasteiger partial charge in [0, 0.05) is 0 Å². The normalized spacial score (nSPS) is 20.3. The molecule has 6 rings (SSSR count). The minimum Gasteiger partial charge on any atom is -0.438 e. The van der Waals surface area contributed by atoms with Gasteiger partial charge in [-0.1, -0.05) is 171 Å². The van der Waals surface area contributed by atoms with Gasteiger partial charge < -0.3 is 56.8 Å². The summed E-state index contributed by atoms with van der Waals surface area (Å²) in [5, 5.41) is 0. The van der Waals surface area contributed by atoms with Crippen LogP contribution in [0.15, 0.2) is 0 Å². The standard InChI is InChI=1S/C14H26O3.C13H21F3O3.C13H24O3.C12H19F3O3.C12H21FO3.C11H20O3/c1-4-14(2,3)13(15)17-11-16-12-9-7-5-6-8-10-12;1-3-12(2,13(14,15)16)11(17)19-9-18-10-7-5-4-6-8-10;1-3-11(2)13(14)16-10-15-12-8-6-4-5-7-9-12;1-3-11(2,12(13,14)15)10(16)18-8-17-9-6-4-5-7-9;1-3-12(2,13)11(14)16-9-15-10-7-5-4-6-8-10;1-3-9(2)11(12)14-8-13-10-6-4-5-7-10/h12H,4-11H2,1-3H3;10H,3-9H2,1-2H3;11-12H,3-10H2,1-2H3;9H,3-8H2,1-2H3;10H,3-9H2,1-2H3;9-10H,3-8H2,1-2H3. The van der Waals surface area contributed by atoms with Crippen molar-refractivity contribution in [2.75, 3.05) is 40.8 Å². The van der Waals surface area contributed by atoms with Gasteiger partial charge in [0.15, 0.2) is 51.6 Å². The highest BCUT2D eigenvalue weighted by atomic mass is 19.4. The van der Waals surface area contributed by atoms with E-state index in [-0.39, 0.29) is 101 Å². The molecule has 5 atom stereocenters. The van der Waals surface area contributed by atoms with Crippen LogP contribution in [0.1, 0.15) is 321 Å². The van der Waals surface area contributed by atoms with Crippen LogP contribution in [0.5, 0.6) is 0 Å². The van der Waals surface area contributed by atoms with Crippen molar-refractivity contribution in [3.63, 3.8) is 0 Å². The molecule has 0 radical (unpaired) electrons. The number of ether oxygens (including phenoxy) is 12. The molecular weight excluding hydrogens is 1320 g/mol. The number of hydrogen-bond acceptors (Lipinski definition) is 18. The molecule has 100 heavy (non-hydrogen) atoms. The molecule has 0 amide bonds. The molecule has 0 heterocycles. The Morgan fingerprint density at radius 3 is 0.720 bits per heavy atom. The lowest BCUT2D eigenvalue weighted by Gasteiger charge is -2.29. The Balaban J connectivity index is 0.000000601. The molecule has 6 saturated carbocycles. The van der Waals surface area contributed by atoms with Crippen LogP contribution in [0.2, 0.25) is 0 Å². The summed E-state index contributed by atoms with van der Waals surface area (Å²) in [7, 11) is 0. The van der Waals surface area contributed by atoms with Gasteiger partial charge in [0.25, 0.3) is 0 Å². The van der Waals surface area contributed by atoms with Crippen molar-refractivity contribution in [2.45, 2.75) is 376 Å². The highest BCUT2D eigenvalue weighted by Gasteiger charge is 2.57. The Bertz CT molecular complexity index is 2180. The summed E-state index contributed by atoms with van der Waals surface area (Å²) in [6, 6.07) is 0. The van der Waals surface area contributed by atoms with Gasteiger partial charge in [0.2, 0.25) is 5.67 Å². The van der Waals surface area contributed by atoms with Crippen LogP contribution < -0.4 is 0 Å². The second-order valence-electron chi connectivity index (χ2n) is 28.7. The van der Waals surface area contributed by atoms with Gasteiger partial charge >= 0.3 is 48.2 Å². The van der Waals surface area contributed by atoms with Crippen LogP contribution in [-0.2, 0) is 85.6 Å². The summed E-state index contributed by atoms with van der Waals surface area (Å²) in [6.07, 6.45) is 27.5. The fourth-order valence-electron chi connectivity index (χ4n) is 11.0. The molecular formula is C75H131F7O18. The first-order valence-electron chi connectivity index (χ1n) is 37.8. The predicted molar refractivity (Wildman–Crippen MR) is 365 cm³/mol. The monoisotopic (exact) mass is 1450 g/mol. The van der Waals surface area contributed by atoms with E-state index in [1.807, 2.05) is 48.5 Å². The van der Waals surface area contributed by atoms with Crippen molar-refractivity contribution >= 4 is 35.8 Å². The van der Waals surface area contributed by atoms with Crippen LogP contribution in [0.3, 0.4) is 0 Å². The van der Waals surface area contributed by atoms with Crippen molar-refractivity contribution in [1.29, 1.82) is 0 Å². The molecule has 6 aliphatic carbocycles. The zero-order valence-corrected chi connectivity index (χ0v) is 63.3. The zero-order valence-electron chi connectivity index (χ0n) is 63.3. The maximum absolute atomic E-state index is 13.4. The van der Waals surface area contributed by atoms with Gasteiger partial charge in [-0.15, -0.1) is 0 Å². The molecule has 0 aromatic heterocycles. The predicted octanol–water partition coefficient (Wildman–Crippen LogP) is 19.6. The van der Waals surface area contributed by atoms with Gasteiger partial charge in [0.1, 0.15) is 0 Å². The van der Waals surface area contributed by atoms with Crippen LogP contribution in [0.25, 0.3) is 0 Å². The molecule has 0 bridgehead atoms. The first-order valence-corrected chi connectivity index (χ1v) is 37.8. The summed E-state index contributed by atoms with van der Waals surface area (Å²) in [4.78, 5) is 68.6. The van der Waals surface area contributed by atoms with Crippen LogP contribution in [-0.4, -0.2) is 131 Å². The maximum Gasteiger partial charge on any atom is 0.404 e. The van der Waals surface area contributed by atoms with E-state index in [0.29, 0.717) is 12.2 Å². The van der Waals surface area contributed by atoms with Crippen LogP contribution in [0, 0.1) is 28.1 Å². The lowest BCUT2D eigenvalue weighted by Crippen LogP contribution is -2.43. The van der Waals surface area contributed by atoms with E-state index >= 15 is 0 Å². The SMILES string of the molecule is CCC(C)(C(=O)OCOC1CCCC1)C(F)(F)F.CCC(C)(C(=O)OCOC1CCCCC1)C(F)(F)F.CCC(C)(C)C(=O)OCOC1CCCCCC1.CCC(C)(F)C(=O)OCOC1CCCCC1.CCC(C)C(=O)OCOC1CCCC1.CCC(C)C(=O)OCOC1CCCCCC1. The molecule has 0 N–H and O–H groups in total. The second-order valence-corrected chi connectivity index (χ2v) is 28.7. The summed E-state index contributed by atoms with van der Waals surface area (Å²) < 4.78 is 152. The quantitative estimate of drug-likeness (QED) is 0.0215. The lowest BCUT2D eigenvalue weighted by molar-refractivity contribution is -0.238. The van der Waals surface area contributed by atoms with E-state index in [4.69, 9.17) is 47.4 Å². The average Bonchev–Trinajstić information content (AvgIpc) is 0.945. The smallest absolute Gasteiger partial charge is 0.404 e. The van der Waals surface area contributed by atoms with Gasteiger partial charge in [-0.2, -0.15) is 26.3 Å². The number of alkyl halides is 7. The average molecular weight is 1450 g/mol. The maximum atomic E-state index is 13.4. The fourth-order valence-corrected chi connectivity index (χ4v) is 11.0. The third-order valence-corrected chi connectivity index (χ3v) is 20.4. The van der Waals surface area contributed by atoms with Crippen LogP contribution in [0.4, 0.5) is 30.7 Å². The van der Waals surface area contributed by atoms with Crippen molar-refractivity contribution < 1.29 is 116 Å². The van der Waals surface area contributed by atoms with E-state index in [9.17, 15) is 59.5 Å². The highest BCUT2D eigenvalue weighted by molar-refractivity contribution is 5.79. The molecule has 0 aromatic rings. The summed E-state index contributed by atoms with van der Waals surface area (Å²) >= 11 is 0. The lowest BCUT2D eigenvalue weighted by atomic mass is 9.87. The van der Waals surface area contributed by atoms with E-state index < -0.39 is 65.8 Å². The Morgan fingerprint density at radius 1 is 0.300 bits per heavy atom. The van der Waals surface area contributed by atoms with Gasteiger partial charge in [-0.3, -0.25) is 24.0 Å². The molecule has 0 aliphatic heterocycles. The summed E-state index contributed by atoms with van der Waals surface area (Å²) in [5.74, 6) is -3.84. The topological polar surface area (TPSA) is 213 Å². The van der Waals surface area contributed by atoms with E-state index in [1.165, 1.54) is 91.4 Å². The van der Waals surface area contributed by atoms with E-state index in [0.717, 1.165) is 155 Å². The van der Waals surface area contributed by atoms with Crippen molar-refractivity contribution in [2.24, 2.45) is 28.1 Å². The molecule has 25 heteroatoms. The Labute approximate surface area is 594 Å². The minimum atomic E-state index is -4.61. The Morgan fingerprint density at radius 2 is 0.510 bits per heavy atom. The molecule has 0 aromatic carbocycles. The second kappa shape index (κ2) is 51.3. The molecule has 0 spiro atoms. The molecule has 6 fully saturated rings. The number of carbonyl (C=O) groups excluding carboxylic acids is 6. The Hall–Kier alpha value is -3.91. The third-order valence-electron chi connectivity index (χ3n) is 20.4. The molecule has 5 unspecified atom stereocenters. The minimum absolute atomic E-state index is 0.000296. The largest absolute Gasteiger partial charge is 0.438 e. The molecule has 588 valence electrons. The number of halogens is 7. The Kier molecular flexibility index (Phi) is 48.3. The van der Waals surface area contributed by atoms with Crippen molar-refractivity contribution in [3.8, 4) is 0 Å². The van der Waals surface area contributed by atoms with Crippen molar-refractivity contribution in [3.05, 3.63) is 0 Å². The summed E-state index contributed by atoms with van der Waals surface area (Å²) in [5.41, 5.74) is -7.20. The van der Waals surface area contributed by atoms with Crippen LogP contribution >= 0.6 is 0 Å². The number of esters is 6.